The molecule has 0 fully saturated rings. The highest BCUT2D eigenvalue weighted by molar-refractivity contribution is 7.99. The normalized spacial score (nSPS) is 10.9. The summed E-state index contributed by atoms with van der Waals surface area (Å²) in [4.78, 5) is 16.6. The number of nitrogens with one attached hydrogen (secondary N) is 1. The Morgan fingerprint density at radius 3 is 2.65 bits per heavy atom. The van der Waals surface area contributed by atoms with E-state index in [1.165, 1.54) is 11.8 Å². The topological polar surface area (TPSA) is 46.9 Å². The van der Waals surface area contributed by atoms with Crippen molar-refractivity contribution in [2.24, 2.45) is 0 Å². The number of hydrogen-bond acceptors (Lipinski definition) is 3. The predicted octanol–water partition coefficient (Wildman–Crippen LogP) is 4.81. The molecule has 0 spiro atoms. The van der Waals surface area contributed by atoms with Gasteiger partial charge in [0.1, 0.15) is 0 Å². The zero-order valence-electron chi connectivity index (χ0n) is 14.6. The van der Waals surface area contributed by atoms with E-state index in [0.717, 1.165) is 22.1 Å². The molecule has 6 heteroatoms. The van der Waals surface area contributed by atoms with E-state index in [0.29, 0.717) is 10.8 Å². The van der Waals surface area contributed by atoms with Crippen LogP contribution in [-0.4, -0.2) is 27.3 Å². The van der Waals surface area contributed by atoms with Crippen LogP contribution in [-0.2, 0) is 4.79 Å². The molecule has 3 rings (SSSR count). The molecule has 134 valence electrons. The molecule has 1 heterocycles. The fraction of sp³-hybridized carbons (Fsp3) is 0.200. The zero-order chi connectivity index (χ0) is 18.5. The van der Waals surface area contributed by atoms with Crippen molar-refractivity contribution in [2.75, 3.05) is 5.75 Å². The Hall–Kier alpha value is -2.24. The molecule has 0 aliphatic heterocycles. The summed E-state index contributed by atoms with van der Waals surface area (Å²) in [6, 6.07) is 17.8. The lowest BCUT2D eigenvalue weighted by Gasteiger charge is -2.13. The molecule has 1 N–H and O–H groups in total. The van der Waals surface area contributed by atoms with Crippen molar-refractivity contribution in [1.29, 1.82) is 0 Å². The predicted molar refractivity (Wildman–Crippen MR) is 108 cm³/mol. The Morgan fingerprint density at radius 2 is 1.96 bits per heavy atom. The molecule has 26 heavy (non-hydrogen) atoms. The van der Waals surface area contributed by atoms with Gasteiger partial charge in [0, 0.05) is 22.3 Å². The third-order valence-corrected chi connectivity index (χ3v) is 4.84. The van der Waals surface area contributed by atoms with Crippen molar-refractivity contribution in [3.8, 4) is 16.9 Å². The number of amides is 1. The van der Waals surface area contributed by atoms with Gasteiger partial charge >= 0.3 is 0 Å². The number of carbonyl (C=O) groups excluding carboxylic acids is 1. The first kappa shape index (κ1) is 18.5. The van der Waals surface area contributed by atoms with E-state index in [1.54, 1.807) is 0 Å². The molecule has 1 aromatic heterocycles. The van der Waals surface area contributed by atoms with Crippen molar-refractivity contribution >= 4 is 29.3 Å². The first-order chi connectivity index (χ1) is 12.5. The fourth-order valence-electron chi connectivity index (χ4n) is 2.61. The maximum Gasteiger partial charge on any atom is 0.230 e. The van der Waals surface area contributed by atoms with Crippen molar-refractivity contribution in [1.82, 2.24) is 14.9 Å². The van der Waals surface area contributed by atoms with Crippen LogP contribution in [0, 0.1) is 0 Å². The Morgan fingerprint density at radius 1 is 1.19 bits per heavy atom. The number of carbonyl (C=O) groups is 1. The highest BCUT2D eigenvalue weighted by Gasteiger charge is 2.16. The van der Waals surface area contributed by atoms with Crippen molar-refractivity contribution in [2.45, 2.75) is 25.0 Å². The number of imidazole rings is 1. The number of halogens is 1. The molecule has 0 unspecified atom stereocenters. The third kappa shape index (κ3) is 4.48. The van der Waals surface area contributed by atoms with Gasteiger partial charge in [-0.2, -0.15) is 0 Å². The summed E-state index contributed by atoms with van der Waals surface area (Å²) < 4.78 is 2.04. The molecule has 0 atom stereocenters. The van der Waals surface area contributed by atoms with E-state index in [4.69, 9.17) is 11.6 Å². The Kier molecular flexibility index (Phi) is 6.01. The van der Waals surface area contributed by atoms with E-state index < -0.39 is 0 Å². The van der Waals surface area contributed by atoms with E-state index >= 15 is 0 Å². The van der Waals surface area contributed by atoms with Gasteiger partial charge in [0.15, 0.2) is 5.16 Å². The van der Waals surface area contributed by atoms with Crippen molar-refractivity contribution < 1.29 is 4.79 Å². The average Bonchev–Trinajstić information content (AvgIpc) is 3.04. The standard InChI is InChI=1S/C20H20ClN3OS/c1-14(2)23-19(25)13-26-20-22-12-18(15-7-4-3-5-8-15)24(20)17-10-6-9-16(21)11-17/h3-12,14H,13H2,1-2H3,(H,23,25). The lowest BCUT2D eigenvalue weighted by atomic mass is 10.1. The van der Waals surface area contributed by atoms with Crippen LogP contribution in [0.25, 0.3) is 16.9 Å². The first-order valence-corrected chi connectivity index (χ1v) is 9.72. The van der Waals surface area contributed by atoms with Gasteiger partial charge < -0.3 is 5.32 Å². The van der Waals surface area contributed by atoms with Crippen LogP contribution >= 0.6 is 23.4 Å². The van der Waals surface area contributed by atoms with Gasteiger partial charge in [-0.25, -0.2) is 4.98 Å². The number of benzene rings is 2. The van der Waals surface area contributed by atoms with E-state index in [-0.39, 0.29) is 11.9 Å². The molecule has 0 radical (unpaired) electrons. The number of aromatic nitrogens is 2. The van der Waals surface area contributed by atoms with E-state index in [9.17, 15) is 4.79 Å². The van der Waals surface area contributed by atoms with Crippen molar-refractivity contribution in [3.05, 3.63) is 65.8 Å². The summed E-state index contributed by atoms with van der Waals surface area (Å²) in [5.41, 5.74) is 2.93. The number of rotatable bonds is 6. The zero-order valence-corrected chi connectivity index (χ0v) is 16.2. The average molecular weight is 386 g/mol. The van der Waals surface area contributed by atoms with Crippen LogP contribution in [0.3, 0.4) is 0 Å². The van der Waals surface area contributed by atoms with Gasteiger partial charge in [-0.05, 0) is 32.0 Å². The quantitative estimate of drug-likeness (QED) is 0.619. The summed E-state index contributed by atoms with van der Waals surface area (Å²) in [7, 11) is 0. The number of thioether (sulfide) groups is 1. The summed E-state index contributed by atoms with van der Waals surface area (Å²) in [6.07, 6.45) is 1.83. The summed E-state index contributed by atoms with van der Waals surface area (Å²) >= 11 is 7.60. The third-order valence-electron chi connectivity index (χ3n) is 3.65. The second-order valence-electron chi connectivity index (χ2n) is 6.12. The molecular formula is C20H20ClN3OS. The molecule has 0 aliphatic rings. The van der Waals surface area contributed by atoms with Gasteiger partial charge in [-0.1, -0.05) is 59.8 Å². The second kappa shape index (κ2) is 8.43. The lowest BCUT2D eigenvalue weighted by Crippen LogP contribution is -2.31. The molecule has 2 aromatic carbocycles. The number of nitrogens with zero attached hydrogens (tertiary/aromatic N) is 2. The molecular weight excluding hydrogens is 366 g/mol. The molecule has 0 saturated heterocycles. The molecule has 0 aliphatic carbocycles. The van der Waals surface area contributed by atoms with Gasteiger partial charge in [-0.3, -0.25) is 9.36 Å². The van der Waals surface area contributed by atoms with Gasteiger partial charge in [0.2, 0.25) is 5.91 Å². The van der Waals surface area contributed by atoms with Crippen LogP contribution < -0.4 is 5.32 Å². The van der Waals surface area contributed by atoms with E-state index in [1.807, 2.05) is 79.2 Å². The van der Waals surface area contributed by atoms with Crippen LogP contribution in [0.15, 0.2) is 66.0 Å². The molecule has 4 nitrogen and oxygen atoms in total. The van der Waals surface area contributed by atoms with Gasteiger partial charge in [-0.15, -0.1) is 0 Å². The fourth-order valence-corrected chi connectivity index (χ4v) is 3.60. The minimum absolute atomic E-state index is 0.00750. The van der Waals surface area contributed by atoms with Crippen LogP contribution in [0.4, 0.5) is 0 Å². The SMILES string of the molecule is CC(C)NC(=O)CSc1ncc(-c2ccccc2)n1-c1cccc(Cl)c1. The van der Waals surface area contributed by atoms with Crippen molar-refractivity contribution in [3.63, 3.8) is 0 Å². The Bertz CT molecular complexity index is 893. The van der Waals surface area contributed by atoms with Crippen LogP contribution in [0.1, 0.15) is 13.8 Å². The molecule has 1 amide bonds. The largest absolute Gasteiger partial charge is 0.353 e. The van der Waals surface area contributed by atoms with Gasteiger partial charge in [0.25, 0.3) is 0 Å². The highest BCUT2D eigenvalue weighted by atomic mass is 35.5. The maximum absolute atomic E-state index is 12.0. The first-order valence-electron chi connectivity index (χ1n) is 8.36. The van der Waals surface area contributed by atoms with E-state index in [2.05, 4.69) is 10.3 Å². The monoisotopic (exact) mass is 385 g/mol. The number of hydrogen-bond donors (Lipinski definition) is 1. The van der Waals surface area contributed by atoms with Crippen LogP contribution in [0.5, 0.6) is 0 Å². The smallest absolute Gasteiger partial charge is 0.230 e. The summed E-state index contributed by atoms with van der Waals surface area (Å²) in [5, 5.41) is 4.31. The maximum atomic E-state index is 12.0. The van der Waals surface area contributed by atoms with Gasteiger partial charge in [0.05, 0.1) is 17.6 Å². The summed E-state index contributed by atoms with van der Waals surface area (Å²) in [6.45, 7) is 3.89. The highest BCUT2D eigenvalue weighted by Crippen LogP contribution is 2.30. The van der Waals surface area contributed by atoms with Crippen LogP contribution in [0.2, 0.25) is 5.02 Å². The molecule has 3 aromatic rings. The summed E-state index contributed by atoms with van der Waals surface area (Å²) in [5.74, 6) is 0.302. The Balaban J connectivity index is 1.97. The minimum Gasteiger partial charge on any atom is -0.353 e. The Labute approximate surface area is 162 Å². The molecule has 0 bridgehead atoms. The minimum atomic E-state index is -0.00750. The lowest BCUT2D eigenvalue weighted by molar-refractivity contribution is -0.119. The molecule has 0 saturated carbocycles. The second-order valence-corrected chi connectivity index (χ2v) is 7.50.